The van der Waals surface area contributed by atoms with Gasteiger partial charge < -0.3 is 4.42 Å². The third kappa shape index (κ3) is 2.61. The molecule has 0 unspecified atom stereocenters. The Labute approximate surface area is 110 Å². The summed E-state index contributed by atoms with van der Waals surface area (Å²) in [5.74, 6) is 1.80. The molecular weight excluding hydrogens is 259 g/mol. The zero-order chi connectivity index (χ0) is 12.4. The maximum absolute atomic E-state index is 6.09. The quantitative estimate of drug-likeness (QED) is 0.781. The largest absolute Gasteiger partial charge is 0.458 e. The van der Waals surface area contributed by atoms with Crippen LogP contribution in [-0.4, -0.2) is 9.97 Å². The molecular formula is C12H12Cl2N2O. The van der Waals surface area contributed by atoms with Gasteiger partial charge in [-0.2, -0.15) is 0 Å². The van der Waals surface area contributed by atoms with E-state index < -0.39 is 0 Å². The molecule has 0 radical (unpaired) electrons. The van der Waals surface area contributed by atoms with E-state index in [2.05, 4.69) is 16.9 Å². The van der Waals surface area contributed by atoms with Gasteiger partial charge in [-0.15, -0.1) is 0 Å². The van der Waals surface area contributed by atoms with Crippen molar-refractivity contribution in [3.63, 3.8) is 0 Å². The van der Waals surface area contributed by atoms with Crippen LogP contribution in [0, 0.1) is 6.92 Å². The predicted molar refractivity (Wildman–Crippen MR) is 68.5 cm³/mol. The van der Waals surface area contributed by atoms with Crippen molar-refractivity contribution >= 4 is 23.2 Å². The molecule has 5 heteroatoms. The van der Waals surface area contributed by atoms with Gasteiger partial charge >= 0.3 is 0 Å². The fourth-order valence-electron chi connectivity index (χ4n) is 1.55. The topological polar surface area (TPSA) is 38.9 Å². The molecule has 17 heavy (non-hydrogen) atoms. The van der Waals surface area contributed by atoms with E-state index >= 15 is 0 Å². The normalized spacial score (nSPS) is 10.8. The van der Waals surface area contributed by atoms with E-state index in [1.54, 1.807) is 6.07 Å². The molecule has 0 amide bonds. The van der Waals surface area contributed by atoms with Gasteiger partial charge in [0.25, 0.3) is 0 Å². The molecule has 0 aliphatic heterocycles. The highest BCUT2D eigenvalue weighted by atomic mass is 35.5. The average Bonchev–Trinajstić information content (AvgIpc) is 2.70. The van der Waals surface area contributed by atoms with Gasteiger partial charge in [-0.1, -0.05) is 36.5 Å². The number of rotatable bonds is 3. The lowest BCUT2D eigenvalue weighted by atomic mass is 10.2. The van der Waals surface area contributed by atoms with Crippen LogP contribution >= 0.6 is 23.2 Å². The summed E-state index contributed by atoms with van der Waals surface area (Å²) in [6.45, 7) is 3.91. The molecule has 3 nitrogen and oxygen atoms in total. The molecule has 0 aliphatic rings. The van der Waals surface area contributed by atoms with Crippen molar-refractivity contribution in [2.75, 3.05) is 0 Å². The standard InChI is InChI=1S/C12H12Cl2N2O/c1-3-4-8-10(13)15-12(16-11(8)14)9-6-5-7(2)17-9/h5-6H,3-4H2,1-2H3. The van der Waals surface area contributed by atoms with Gasteiger partial charge in [0, 0.05) is 5.56 Å². The minimum atomic E-state index is 0.399. The summed E-state index contributed by atoms with van der Waals surface area (Å²) in [5, 5.41) is 0.798. The molecule has 0 bridgehead atoms. The van der Waals surface area contributed by atoms with E-state index in [1.807, 2.05) is 13.0 Å². The van der Waals surface area contributed by atoms with Crippen molar-refractivity contribution in [3.8, 4) is 11.6 Å². The van der Waals surface area contributed by atoms with Crippen molar-refractivity contribution < 1.29 is 4.42 Å². The maximum atomic E-state index is 6.09. The van der Waals surface area contributed by atoms with Crippen LogP contribution in [0.3, 0.4) is 0 Å². The van der Waals surface area contributed by atoms with Gasteiger partial charge in [-0.25, -0.2) is 9.97 Å². The first-order chi connectivity index (χ1) is 8.11. The third-order valence-electron chi connectivity index (χ3n) is 2.37. The Balaban J connectivity index is 2.45. The molecule has 0 saturated carbocycles. The Morgan fingerprint density at radius 3 is 2.29 bits per heavy atom. The van der Waals surface area contributed by atoms with Crippen molar-refractivity contribution in [2.45, 2.75) is 26.7 Å². The number of hydrogen-bond acceptors (Lipinski definition) is 3. The summed E-state index contributed by atoms with van der Waals surface area (Å²) in [5.41, 5.74) is 0.794. The summed E-state index contributed by atoms with van der Waals surface area (Å²) in [6.07, 6.45) is 1.72. The van der Waals surface area contributed by atoms with E-state index in [4.69, 9.17) is 27.6 Å². The highest BCUT2D eigenvalue weighted by molar-refractivity contribution is 6.34. The first-order valence-corrected chi connectivity index (χ1v) is 6.16. The molecule has 0 aromatic carbocycles. The predicted octanol–water partition coefficient (Wildman–Crippen LogP) is 4.30. The second kappa shape index (κ2) is 5.07. The van der Waals surface area contributed by atoms with Gasteiger partial charge in [0.1, 0.15) is 16.1 Å². The zero-order valence-corrected chi connectivity index (χ0v) is 11.1. The van der Waals surface area contributed by atoms with Crippen LogP contribution in [-0.2, 0) is 6.42 Å². The summed E-state index contributed by atoms with van der Waals surface area (Å²) in [6, 6.07) is 3.65. The number of hydrogen-bond donors (Lipinski definition) is 0. The first-order valence-electron chi connectivity index (χ1n) is 5.40. The molecule has 0 fully saturated rings. The molecule has 2 rings (SSSR count). The van der Waals surface area contributed by atoms with Crippen LogP contribution in [0.15, 0.2) is 16.5 Å². The Morgan fingerprint density at radius 1 is 1.18 bits per heavy atom. The third-order valence-corrected chi connectivity index (χ3v) is 2.99. The molecule has 0 aliphatic carbocycles. The van der Waals surface area contributed by atoms with Crippen LogP contribution in [0.4, 0.5) is 0 Å². The molecule has 2 aromatic heterocycles. The highest BCUT2D eigenvalue weighted by Gasteiger charge is 2.13. The van der Waals surface area contributed by atoms with Crippen molar-refractivity contribution in [1.82, 2.24) is 9.97 Å². The molecule has 90 valence electrons. The Bertz CT molecular complexity index is 514. The second-order valence-corrected chi connectivity index (χ2v) is 4.48. The van der Waals surface area contributed by atoms with Crippen LogP contribution in [0.25, 0.3) is 11.6 Å². The minimum absolute atomic E-state index is 0.399. The maximum Gasteiger partial charge on any atom is 0.198 e. The second-order valence-electron chi connectivity index (χ2n) is 3.77. The SMILES string of the molecule is CCCc1c(Cl)nc(-c2ccc(C)o2)nc1Cl. The molecule has 2 aromatic rings. The minimum Gasteiger partial charge on any atom is -0.458 e. The average molecular weight is 271 g/mol. The number of halogens is 2. The van der Waals surface area contributed by atoms with E-state index in [0.29, 0.717) is 21.9 Å². The van der Waals surface area contributed by atoms with Crippen molar-refractivity contribution in [2.24, 2.45) is 0 Å². The zero-order valence-electron chi connectivity index (χ0n) is 9.63. The Kier molecular flexibility index (Phi) is 3.69. The fraction of sp³-hybridized carbons (Fsp3) is 0.333. The van der Waals surface area contributed by atoms with Crippen LogP contribution in [0.5, 0.6) is 0 Å². The lowest BCUT2D eigenvalue weighted by Gasteiger charge is -2.05. The highest BCUT2D eigenvalue weighted by Crippen LogP contribution is 2.27. The molecule has 0 spiro atoms. The number of furan rings is 1. The van der Waals surface area contributed by atoms with Gasteiger partial charge in [0.05, 0.1) is 0 Å². The fourth-order valence-corrected chi connectivity index (χ4v) is 2.13. The summed E-state index contributed by atoms with van der Waals surface area (Å²) < 4.78 is 5.44. The monoisotopic (exact) mass is 270 g/mol. The number of nitrogens with zero attached hydrogens (tertiary/aromatic N) is 2. The molecule has 2 heterocycles. The van der Waals surface area contributed by atoms with Gasteiger partial charge in [-0.05, 0) is 25.5 Å². The summed E-state index contributed by atoms with van der Waals surface area (Å²) in [7, 11) is 0. The van der Waals surface area contributed by atoms with Crippen molar-refractivity contribution in [1.29, 1.82) is 0 Å². The van der Waals surface area contributed by atoms with Gasteiger partial charge in [-0.3, -0.25) is 0 Å². The van der Waals surface area contributed by atoms with E-state index in [9.17, 15) is 0 Å². The van der Waals surface area contributed by atoms with Crippen LogP contribution < -0.4 is 0 Å². The molecule has 0 saturated heterocycles. The van der Waals surface area contributed by atoms with Crippen molar-refractivity contribution in [3.05, 3.63) is 33.8 Å². The lowest BCUT2D eigenvalue weighted by molar-refractivity contribution is 0.544. The lowest BCUT2D eigenvalue weighted by Crippen LogP contribution is -1.96. The van der Waals surface area contributed by atoms with Gasteiger partial charge in [0.2, 0.25) is 0 Å². The Morgan fingerprint density at radius 2 is 1.82 bits per heavy atom. The van der Waals surface area contributed by atoms with Gasteiger partial charge in [0.15, 0.2) is 11.6 Å². The molecule has 0 atom stereocenters. The smallest absolute Gasteiger partial charge is 0.198 e. The van der Waals surface area contributed by atoms with E-state index in [0.717, 1.165) is 24.2 Å². The number of aromatic nitrogens is 2. The first kappa shape index (κ1) is 12.4. The van der Waals surface area contributed by atoms with Crippen LogP contribution in [0.1, 0.15) is 24.7 Å². The summed E-state index contributed by atoms with van der Waals surface area (Å²) >= 11 is 12.2. The summed E-state index contributed by atoms with van der Waals surface area (Å²) in [4.78, 5) is 8.42. The molecule has 0 N–H and O–H groups in total. The van der Waals surface area contributed by atoms with E-state index in [-0.39, 0.29) is 0 Å². The number of aryl methyl sites for hydroxylation is 1. The van der Waals surface area contributed by atoms with Crippen LogP contribution in [0.2, 0.25) is 10.3 Å². The van der Waals surface area contributed by atoms with E-state index in [1.165, 1.54) is 0 Å². The Hall–Kier alpha value is -1.06.